The molecule has 1 fully saturated rings. The van der Waals surface area contributed by atoms with E-state index in [2.05, 4.69) is 78.8 Å². The number of fused-ring (bicyclic) bond motifs is 1. The highest BCUT2D eigenvalue weighted by Gasteiger charge is 2.35. The average Bonchev–Trinajstić information content (AvgIpc) is 3.29. The first-order chi connectivity index (χ1) is 14.0. The van der Waals surface area contributed by atoms with Crippen LogP contribution >= 0.6 is 0 Å². The predicted octanol–water partition coefficient (Wildman–Crippen LogP) is 4.36. The van der Waals surface area contributed by atoms with Gasteiger partial charge in [0.25, 0.3) is 0 Å². The number of ether oxygens (including phenoxy) is 1. The van der Waals surface area contributed by atoms with E-state index >= 15 is 0 Å². The van der Waals surface area contributed by atoms with Crippen molar-refractivity contribution >= 4 is 16.6 Å². The molecule has 0 aliphatic carbocycles. The Kier molecular flexibility index (Phi) is 5.46. The zero-order chi connectivity index (χ0) is 20.5. The van der Waals surface area contributed by atoms with Gasteiger partial charge in [-0.05, 0) is 42.7 Å². The summed E-state index contributed by atoms with van der Waals surface area (Å²) in [6.45, 7) is 7.40. The van der Waals surface area contributed by atoms with E-state index in [4.69, 9.17) is 4.74 Å². The third-order valence-electron chi connectivity index (χ3n) is 6.22. The number of benzene rings is 2. The van der Waals surface area contributed by atoms with Crippen molar-refractivity contribution in [2.24, 2.45) is 0 Å². The molecule has 1 atom stereocenters. The number of nitrogens with zero attached hydrogens (tertiary/aromatic N) is 2. The van der Waals surface area contributed by atoms with Crippen molar-refractivity contribution in [3.63, 3.8) is 0 Å². The third-order valence-corrected chi connectivity index (χ3v) is 6.22. The molecule has 0 spiro atoms. The minimum absolute atomic E-state index is 0.458. The maximum absolute atomic E-state index is 5.44. The molecule has 0 radical (unpaired) electrons. The molecule has 2 heterocycles. The molecule has 1 aromatic heterocycles. The quantitative estimate of drug-likeness (QED) is 0.656. The van der Waals surface area contributed by atoms with Crippen LogP contribution in [-0.4, -0.2) is 54.5 Å². The lowest BCUT2D eigenvalue weighted by atomic mass is 9.95. The van der Waals surface area contributed by atoms with Crippen molar-refractivity contribution in [3.05, 3.63) is 64.8 Å². The van der Waals surface area contributed by atoms with Crippen LogP contribution in [0.4, 0.5) is 0 Å². The first kappa shape index (κ1) is 19.7. The van der Waals surface area contributed by atoms with E-state index < -0.39 is 0 Å². The Labute approximate surface area is 173 Å². The molecule has 29 heavy (non-hydrogen) atoms. The maximum Gasteiger partial charge on any atom is 0.174 e. The maximum atomic E-state index is 5.44. The number of methoxy groups -OCH3 is 1. The third kappa shape index (κ3) is 3.82. The van der Waals surface area contributed by atoms with E-state index in [0.29, 0.717) is 5.92 Å². The number of H-pyrrole nitrogens is 1. The summed E-state index contributed by atoms with van der Waals surface area (Å²) >= 11 is 0. The van der Waals surface area contributed by atoms with Crippen LogP contribution < -0.4 is 4.74 Å². The molecule has 1 aliphatic heterocycles. The highest BCUT2D eigenvalue weighted by atomic mass is 16.5. The molecule has 152 valence electrons. The smallest absolute Gasteiger partial charge is 0.174 e. The average molecular weight is 391 g/mol. The van der Waals surface area contributed by atoms with Gasteiger partial charge in [-0.2, -0.15) is 0 Å². The fourth-order valence-electron chi connectivity index (χ4n) is 4.61. The summed E-state index contributed by atoms with van der Waals surface area (Å²) in [5, 5.41) is 1.29. The molecule has 1 unspecified atom stereocenters. The van der Waals surface area contributed by atoms with Gasteiger partial charge >= 0.3 is 0 Å². The van der Waals surface area contributed by atoms with Gasteiger partial charge in [0.05, 0.1) is 19.6 Å². The fourth-order valence-corrected chi connectivity index (χ4v) is 4.61. The lowest BCUT2D eigenvalue weighted by Crippen LogP contribution is -2.23. The Balaban J connectivity index is 1.63. The number of rotatable bonds is 5. The second kappa shape index (κ2) is 8.03. The summed E-state index contributed by atoms with van der Waals surface area (Å²) in [4.78, 5) is 6.25. The number of hydrogen-bond acceptors (Lipinski definition) is 2. The molecule has 4 heteroatoms. The number of aromatic nitrogens is 1. The van der Waals surface area contributed by atoms with E-state index in [1.165, 1.54) is 39.0 Å². The monoisotopic (exact) mass is 390 g/mol. The van der Waals surface area contributed by atoms with E-state index in [0.717, 1.165) is 31.8 Å². The van der Waals surface area contributed by atoms with Crippen molar-refractivity contribution in [1.82, 2.24) is 9.88 Å². The van der Waals surface area contributed by atoms with Crippen LogP contribution in [0, 0.1) is 6.92 Å². The zero-order valence-corrected chi connectivity index (χ0v) is 18.2. The van der Waals surface area contributed by atoms with Gasteiger partial charge in [0.1, 0.15) is 19.8 Å². The molecular formula is C25H32N3O+. The molecule has 0 bridgehead atoms. The second-order valence-electron chi connectivity index (χ2n) is 8.37. The van der Waals surface area contributed by atoms with Crippen LogP contribution in [0.2, 0.25) is 0 Å². The van der Waals surface area contributed by atoms with E-state index in [9.17, 15) is 0 Å². The minimum Gasteiger partial charge on any atom is -0.497 e. The van der Waals surface area contributed by atoms with Crippen molar-refractivity contribution < 1.29 is 9.31 Å². The van der Waals surface area contributed by atoms with Gasteiger partial charge in [-0.15, -0.1) is 0 Å². The molecular weight excluding hydrogens is 358 g/mol. The Hall–Kier alpha value is -2.59. The number of aromatic amines is 1. The largest absolute Gasteiger partial charge is 0.497 e. The molecule has 4 nitrogen and oxygen atoms in total. The SMILES string of the molecule is CCc1c(CN2CC(=[N+](C)C)C(c3ccc(C)cc3)C2)[nH]c2ccc(OC)cc12. The van der Waals surface area contributed by atoms with Crippen LogP contribution in [-0.2, 0) is 13.0 Å². The van der Waals surface area contributed by atoms with Gasteiger partial charge in [-0.3, -0.25) is 4.90 Å². The van der Waals surface area contributed by atoms with Crippen molar-refractivity contribution in [2.45, 2.75) is 32.7 Å². The Morgan fingerprint density at radius 1 is 1.14 bits per heavy atom. The van der Waals surface area contributed by atoms with Crippen LogP contribution in [0.3, 0.4) is 0 Å². The zero-order valence-electron chi connectivity index (χ0n) is 18.2. The summed E-state index contributed by atoms with van der Waals surface area (Å²) in [5.74, 6) is 1.38. The van der Waals surface area contributed by atoms with Crippen LogP contribution in [0.5, 0.6) is 5.75 Å². The van der Waals surface area contributed by atoms with Gasteiger partial charge in [-0.1, -0.05) is 36.8 Å². The van der Waals surface area contributed by atoms with Crippen molar-refractivity contribution in [2.75, 3.05) is 34.3 Å². The molecule has 3 aromatic rings. The van der Waals surface area contributed by atoms with E-state index in [1.54, 1.807) is 7.11 Å². The summed E-state index contributed by atoms with van der Waals surface area (Å²) in [7, 11) is 6.08. The van der Waals surface area contributed by atoms with Gasteiger partial charge in [0.2, 0.25) is 0 Å². The van der Waals surface area contributed by atoms with Gasteiger partial charge < -0.3 is 9.72 Å². The topological polar surface area (TPSA) is 31.3 Å². The molecule has 2 aromatic carbocycles. The van der Waals surface area contributed by atoms with Crippen LogP contribution in [0.1, 0.15) is 35.2 Å². The second-order valence-corrected chi connectivity index (χ2v) is 8.37. The lowest BCUT2D eigenvalue weighted by Gasteiger charge is -2.15. The molecule has 0 saturated carbocycles. The highest BCUT2D eigenvalue weighted by molar-refractivity contribution is 5.91. The Morgan fingerprint density at radius 2 is 1.90 bits per heavy atom. The van der Waals surface area contributed by atoms with Crippen LogP contribution in [0.15, 0.2) is 42.5 Å². The number of likely N-dealkylation sites (tertiary alicyclic amines) is 1. The molecule has 1 N–H and O–H groups in total. The van der Waals surface area contributed by atoms with Gasteiger partial charge in [0.15, 0.2) is 5.71 Å². The lowest BCUT2D eigenvalue weighted by molar-refractivity contribution is -0.466. The summed E-state index contributed by atoms with van der Waals surface area (Å²) < 4.78 is 7.75. The molecule has 4 rings (SSSR count). The van der Waals surface area contributed by atoms with Crippen LogP contribution in [0.25, 0.3) is 10.9 Å². The summed E-state index contributed by atoms with van der Waals surface area (Å²) in [6.07, 6.45) is 1.02. The number of nitrogens with one attached hydrogen (secondary N) is 1. The standard InChI is InChI=1S/C25H32N3O/c1-6-20-21-13-19(29-5)11-12-23(21)26-24(20)15-28-14-22(25(16-28)27(3)4)18-9-7-17(2)8-10-18/h7-13,22,26H,6,14-16H2,1-5H3/q+1. The minimum atomic E-state index is 0.458. The summed E-state index contributed by atoms with van der Waals surface area (Å²) in [6, 6.07) is 15.4. The molecule has 1 saturated heterocycles. The van der Waals surface area contributed by atoms with E-state index in [1.807, 2.05) is 6.07 Å². The number of hydrogen-bond donors (Lipinski definition) is 1. The predicted molar refractivity (Wildman–Crippen MR) is 121 cm³/mol. The molecule has 0 amide bonds. The fraction of sp³-hybridized carbons (Fsp3) is 0.400. The van der Waals surface area contributed by atoms with E-state index in [-0.39, 0.29) is 0 Å². The normalized spacial score (nSPS) is 17.3. The van der Waals surface area contributed by atoms with Crippen molar-refractivity contribution in [1.29, 1.82) is 0 Å². The van der Waals surface area contributed by atoms with Crippen molar-refractivity contribution in [3.8, 4) is 5.75 Å². The number of aryl methyl sites for hydroxylation is 2. The molecule has 1 aliphatic rings. The Bertz CT molecular complexity index is 1040. The first-order valence-corrected chi connectivity index (χ1v) is 10.5. The van der Waals surface area contributed by atoms with Gasteiger partial charge in [-0.25, -0.2) is 4.58 Å². The highest BCUT2D eigenvalue weighted by Crippen LogP contribution is 2.31. The summed E-state index contributed by atoms with van der Waals surface area (Å²) in [5.41, 5.74) is 8.16. The Morgan fingerprint density at radius 3 is 2.55 bits per heavy atom. The first-order valence-electron chi connectivity index (χ1n) is 10.5. The van der Waals surface area contributed by atoms with Gasteiger partial charge in [0, 0.05) is 29.7 Å².